The van der Waals surface area contributed by atoms with Crippen LogP contribution in [0, 0.1) is 0 Å². The van der Waals surface area contributed by atoms with Crippen LogP contribution in [0.1, 0.15) is 45.0 Å². The van der Waals surface area contributed by atoms with Gasteiger partial charge >= 0.3 is 0 Å². The number of hydrogen-bond donors (Lipinski definition) is 1. The zero-order chi connectivity index (χ0) is 12.3. The molecular weight excluding hydrogens is 214 g/mol. The van der Waals surface area contributed by atoms with Crippen molar-refractivity contribution < 1.29 is 4.74 Å². The molecule has 4 nitrogen and oxygen atoms in total. The van der Waals surface area contributed by atoms with Gasteiger partial charge in [-0.2, -0.15) is 0 Å². The molecule has 17 heavy (non-hydrogen) atoms. The quantitative estimate of drug-likeness (QED) is 0.871. The van der Waals surface area contributed by atoms with Crippen molar-refractivity contribution in [1.29, 1.82) is 0 Å². The first-order valence-corrected chi connectivity index (χ1v) is 6.52. The standard InChI is InChI=1S/C13H23N3O/c1-4-14-11(12-15-8-9-16(12)3)13(2)7-5-6-10-17-13/h8-9,11,14H,4-7,10H2,1-3H3. The maximum atomic E-state index is 6.04. The second-order valence-electron chi connectivity index (χ2n) is 5.01. The molecule has 2 atom stereocenters. The monoisotopic (exact) mass is 237 g/mol. The highest BCUT2D eigenvalue weighted by Crippen LogP contribution is 2.35. The van der Waals surface area contributed by atoms with E-state index in [-0.39, 0.29) is 11.6 Å². The SMILES string of the molecule is CCNC(c1nccn1C)C1(C)CCCCO1. The number of imidazole rings is 1. The molecule has 1 fully saturated rings. The number of aryl methyl sites for hydroxylation is 1. The molecule has 1 aliphatic rings. The fourth-order valence-electron chi connectivity index (χ4n) is 2.62. The van der Waals surface area contributed by atoms with E-state index in [9.17, 15) is 0 Å². The normalized spacial score (nSPS) is 27.0. The average Bonchev–Trinajstić information content (AvgIpc) is 2.73. The largest absolute Gasteiger partial charge is 0.373 e. The predicted molar refractivity (Wildman–Crippen MR) is 67.8 cm³/mol. The number of ether oxygens (including phenoxy) is 1. The van der Waals surface area contributed by atoms with Crippen LogP contribution in [0.5, 0.6) is 0 Å². The third-order valence-electron chi connectivity index (χ3n) is 3.63. The molecule has 0 aromatic carbocycles. The van der Waals surface area contributed by atoms with Gasteiger partial charge in [0.2, 0.25) is 0 Å². The van der Waals surface area contributed by atoms with E-state index in [2.05, 4.69) is 28.7 Å². The Morgan fingerprint density at radius 1 is 1.59 bits per heavy atom. The average molecular weight is 237 g/mol. The molecule has 1 aromatic rings. The third-order valence-corrected chi connectivity index (χ3v) is 3.63. The van der Waals surface area contributed by atoms with E-state index in [0.29, 0.717) is 0 Å². The third kappa shape index (κ3) is 2.53. The summed E-state index contributed by atoms with van der Waals surface area (Å²) >= 11 is 0. The van der Waals surface area contributed by atoms with Crippen molar-refractivity contribution >= 4 is 0 Å². The minimum absolute atomic E-state index is 0.132. The summed E-state index contributed by atoms with van der Waals surface area (Å²) in [4.78, 5) is 4.48. The molecular formula is C13H23N3O. The van der Waals surface area contributed by atoms with Crippen LogP contribution >= 0.6 is 0 Å². The van der Waals surface area contributed by atoms with Crippen LogP contribution in [0.4, 0.5) is 0 Å². The van der Waals surface area contributed by atoms with Gasteiger partial charge < -0.3 is 14.6 Å². The Hall–Kier alpha value is -0.870. The van der Waals surface area contributed by atoms with Gasteiger partial charge in [-0.05, 0) is 32.7 Å². The van der Waals surface area contributed by atoms with Crippen LogP contribution in [-0.2, 0) is 11.8 Å². The second-order valence-corrected chi connectivity index (χ2v) is 5.01. The van der Waals surface area contributed by atoms with E-state index in [0.717, 1.165) is 25.4 Å². The molecule has 1 saturated heterocycles. The fourth-order valence-corrected chi connectivity index (χ4v) is 2.62. The summed E-state index contributed by atoms with van der Waals surface area (Å²) in [5, 5.41) is 3.53. The molecule has 0 aliphatic carbocycles. The summed E-state index contributed by atoms with van der Waals surface area (Å²) in [6.45, 7) is 6.12. The first kappa shape index (κ1) is 12.6. The van der Waals surface area contributed by atoms with Crippen molar-refractivity contribution in [2.24, 2.45) is 7.05 Å². The smallest absolute Gasteiger partial charge is 0.128 e. The van der Waals surface area contributed by atoms with Gasteiger partial charge in [-0.3, -0.25) is 0 Å². The number of hydrogen-bond acceptors (Lipinski definition) is 3. The number of likely N-dealkylation sites (N-methyl/N-ethyl adjacent to an activating group) is 1. The van der Waals surface area contributed by atoms with Crippen LogP contribution in [0.25, 0.3) is 0 Å². The molecule has 0 amide bonds. The number of aromatic nitrogens is 2. The lowest BCUT2D eigenvalue weighted by molar-refractivity contribution is -0.0916. The van der Waals surface area contributed by atoms with E-state index in [1.165, 1.54) is 12.8 Å². The van der Waals surface area contributed by atoms with Gasteiger partial charge in [-0.15, -0.1) is 0 Å². The van der Waals surface area contributed by atoms with E-state index in [1.54, 1.807) is 0 Å². The predicted octanol–water partition coefficient (Wildman–Crippen LogP) is 2.03. The zero-order valence-corrected chi connectivity index (χ0v) is 11.1. The first-order chi connectivity index (χ1) is 8.17. The Balaban J connectivity index is 2.25. The Labute approximate surface area is 103 Å². The Kier molecular flexibility index (Phi) is 3.84. The topological polar surface area (TPSA) is 39.1 Å². The minimum atomic E-state index is -0.132. The van der Waals surface area contributed by atoms with Gasteiger partial charge in [0.1, 0.15) is 5.82 Å². The Morgan fingerprint density at radius 3 is 2.94 bits per heavy atom. The molecule has 2 unspecified atom stereocenters. The van der Waals surface area contributed by atoms with Gasteiger partial charge in [0.05, 0.1) is 11.6 Å². The van der Waals surface area contributed by atoms with Crippen molar-refractivity contribution in [3.63, 3.8) is 0 Å². The van der Waals surface area contributed by atoms with Crippen molar-refractivity contribution in [3.8, 4) is 0 Å². The number of nitrogens with one attached hydrogen (secondary N) is 1. The lowest BCUT2D eigenvalue weighted by Gasteiger charge is -2.40. The maximum Gasteiger partial charge on any atom is 0.128 e. The van der Waals surface area contributed by atoms with Crippen LogP contribution in [0.3, 0.4) is 0 Å². The summed E-state index contributed by atoms with van der Waals surface area (Å²) in [5.41, 5.74) is -0.132. The van der Waals surface area contributed by atoms with Gasteiger partial charge in [0, 0.05) is 26.0 Å². The van der Waals surface area contributed by atoms with Crippen molar-refractivity contribution in [2.45, 2.75) is 44.8 Å². The van der Waals surface area contributed by atoms with Crippen molar-refractivity contribution in [1.82, 2.24) is 14.9 Å². The van der Waals surface area contributed by atoms with Crippen LogP contribution < -0.4 is 5.32 Å². The summed E-state index contributed by atoms with van der Waals surface area (Å²) in [6, 6.07) is 0.174. The molecule has 0 spiro atoms. The van der Waals surface area contributed by atoms with Gasteiger partial charge in [-0.25, -0.2) is 4.98 Å². The van der Waals surface area contributed by atoms with E-state index < -0.39 is 0 Å². The molecule has 4 heteroatoms. The van der Waals surface area contributed by atoms with E-state index >= 15 is 0 Å². The molecule has 1 aliphatic heterocycles. The Morgan fingerprint density at radius 2 is 2.41 bits per heavy atom. The molecule has 0 radical (unpaired) electrons. The van der Waals surface area contributed by atoms with Crippen LogP contribution in [0.2, 0.25) is 0 Å². The molecule has 96 valence electrons. The lowest BCUT2D eigenvalue weighted by Crippen LogP contribution is -2.46. The van der Waals surface area contributed by atoms with Crippen LogP contribution in [0.15, 0.2) is 12.4 Å². The fraction of sp³-hybridized carbons (Fsp3) is 0.769. The lowest BCUT2D eigenvalue weighted by atomic mass is 9.87. The summed E-state index contributed by atoms with van der Waals surface area (Å²) < 4.78 is 8.12. The highest BCUT2D eigenvalue weighted by Gasteiger charge is 2.39. The van der Waals surface area contributed by atoms with Crippen molar-refractivity contribution in [3.05, 3.63) is 18.2 Å². The highest BCUT2D eigenvalue weighted by atomic mass is 16.5. The summed E-state index contributed by atoms with van der Waals surface area (Å²) in [6.07, 6.45) is 7.35. The first-order valence-electron chi connectivity index (χ1n) is 6.52. The maximum absolute atomic E-state index is 6.04. The molecule has 0 saturated carbocycles. The second kappa shape index (κ2) is 5.19. The molecule has 0 bridgehead atoms. The molecule has 2 rings (SSSR count). The molecule has 2 heterocycles. The van der Waals surface area contributed by atoms with Crippen LogP contribution in [-0.4, -0.2) is 28.3 Å². The van der Waals surface area contributed by atoms with Gasteiger partial charge in [-0.1, -0.05) is 6.92 Å². The number of rotatable bonds is 4. The summed E-state index contributed by atoms with van der Waals surface area (Å²) in [7, 11) is 2.04. The van der Waals surface area contributed by atoms with E-state index in [4.69, 9.17) is 4.74 Å². The van der Waals surface area contributed by atoms with Gasteiger partial charge in [0.15, 0.2) is 0 Å². The Bertz CT molecular complexity index is 355. The molecule has 1 N–H and O–H groups in total. The molecule has 1 aromatic heterocycles. The number of nitrogens with zero attached hydrogens (tertiary/aromatic N) is 2. The zero-order valence-electron chi connectivity index (χ0n) is 11.1. The highest BCUT2D eigenvalue weighted by molar-refractivity contribution is 5.07. The summed E-state index contributed by atoms with van der Waals surface area (Å²) in [5.74, 6) is 1.07. The van der Waals surface area contributed by atoms with Gasteiger partial charge in [0.25, 0.3) is 0 Å². The van der Waals surface area contributed by atoms with E-state index in [1.807, 2.05) is 19.4 Å². The minimum Gasteiger partial charge on any atom is -0.373 e. The van der Waals surface area contributed by atoms with Crippen molar-refractivity contribution in [2.75, 3.05) is 13.2 Å².